The van der Waals surface area contributed by atoms with E-state index in [4.69, 9.17) is 11.6 Å². The molecule has 0 amide bonds. The molecular weight excluding hydrogens is 336 g/mol. The van der Waals surface area contributed by atoms with Crippen LogP contribution in [0.1, 0.15) is 11.1 Å². The minimum Gasteiger partial charge on any atom is -0.364 e. The highest BCUT2D eigenvalue weighted by atomic mass is 35.5. The third-order valence-electron chi connectivity index (χ3n) is 3.88. The molecule has 0 saturated heterocycles. The second-order valence-corrected chi connectivity index (χ2v) is 5.98. The van der Waals surface area contributed by atoms with E-state index in [1.54, 1.807) is 4.68 Å². The molecule has 0 saturated carbocycles. The van der Waals surface area contributed by atoms with Crippen molar-refractivity contribution < 1.29 is 0 Å². The van der Waals surface area contributed by atoms with Gasteiger partial charge in [0.15, 0.2) is 17.0 Å². The second-order valence-electron chi connectivity index (χ2n) is 5.57. The van der Waals surface area contributed by atoms with Crippen molar-refractivity contribution in [2.24, 2.45) is 0 Å². The van der Waals surface area contributed by atoms with Crippen molar-refractivity contribution in [2.45, 2.75) is 13.1 Å². The van der Waals surface area contributed by atoms with Crippen molar-refractivity contribution >= 4 is 28.6 Å². The predicted octanol–water partition coefficient (Wildman–Crippen LogP) is 3.54. The Morgan fingerprint density at radius 2 is 1.76 bits per heavy atom. The van der Waals surface area contributed by atoms with Crippen LogP contribution in [0, 0.1) is 0 Å². The Morgan fingerprint density at radius 1 is 0.960 bits per heavy atom. The first kappa shape index (κ1) is 15.5. The third-order valence-corrected chi connectivity index (χ3v) is 4.25. The molecule has 0 bridgehead atoms. The summed E-state index contributed by atoms with van der Waals surface area (Å²) in [6.45, 7) is 1.16. The van der Waals surface area contributed by atoms with E-state index in [2.05, 4.69) is 25.6 Å². The van der Waals surface area contributed by atoms with Gasteiger partial charge in [-0.2, -0.15) is 0 Å². The molecular formula is C18H15ClN6. The molecule has 0 aliphatic rings. The number of fused-ring (bicyclic) bond motifs is 1. The number of halogens is 1. The fourth-order valence-corrected chi connectivity index (χ4v) is 2.81. The highest BCUT2D eigenvalue weighted by Gasteiger charge is 2.12. The summed E-state index contributed by atoms with van der Waals surface area (Å²) in [7, 11) is 0. The summed E-state index contributed by atoms with van der Waals surface area (Å²) < 4.78 is 1.77. The Bertz CT molecular complexity index is 999. The van der Waals surface area contributed by atoms with E-state index in [-0.39, 0.29) is 0 Å². The van der Waals surface area contributed by atoms with Crippen LogP contribution >= 0.6 is 11.6 Å². The van der Waals surface area contributed by atoms with Crippen LogP contribution in [-0.2, 0) is 13.1 Å². The van der Waals surface area contributed by atoms with E-state index < -0.39 is 0 Å². The van der Waals surface area contributed by atoms with Gasteiger partial charge >= 0.3 is 0 Å². The maximum absolute atomic E-state index is 6.20. The Balaban J connectivity index is 1.60. The smallest absolute Gasteiger partial charge is 0.184 e. The van der Waals surface area contributed by atoms with Crippen LogP contribution in [0.2, 0.25) is 5.02 Å². The van der Waals surface area contributed by atoms with E-state index in [0.717, 1.165) is 11.1 Å². The molecule has 1 N–H and O–H groups in total. The van der Waals surface area contributed by atoms with Gasteiger partial charge in [0.2, 0.25) is 0 Å². The Kier molecular flexibility index (Phi) is 4.26. The van der Waals surface area contributed by atoms with Crippen molar-refractivity contribution in [1.29, 1.82) is 0 Å². The molecule has 0 aliphatic carbocycles. The molecule has 0 aliphatic heterocycles. The zero-order valence-corrected chi connectivity index (χ0v) is 14.1. The monoisotopic (exact) mass is 350 g/mol. The van der Waals surface area contributed by atoms with Crippen molar-refractivity contribution in [1.82, 2.24) is 25.0 Å². The zero-order chi connectivity index (χ0) is 17.1. The van der Waals surface area contributed by atoms with Crippen molar-refractivity contribution in [3.8, 4) is 0 Å². The highest BCUT2D eigenvalue weighted by molar-refractivity contribution is 6.31. The fourth-order valence-electron chi connectivity index (χ4n) is 2.60. The standard InChI is InChI=1S/C18H15ClN6/c19-15-9-5-4-8-14(15)10-20-17-16-18(22-12-21-17)25(24-23-16)11-13-6-2-1-3-7-13/h1-9,12H,10-11H2,(H,20,21,22). The lowest BCUT2D eigenvalue weighted by atomic mass is 10.2. The Labute approximate surface area is 149 Å². The van der Waals surface area contributed by atoms with Gasteiger partial charge in [0, 0.05) is 11.6 Å². The molecule has 0 radical (unpaired) electrons. The van der Waals surface area contributed by atoms with Gasteiger partial charge in [0.05, 0.1) is 6.54 Å². The summed E-state index contributed by atoms with van der Waals surface area (Å²) in [4.78, 5) is 8.62. The zero-order valence-electron chi connectivity index (χ0n) is 13.3. The molecule has 7 heteroatoms. The molecule has 0 unspecified atom stereocenters. The summed E-state index contributed by atoms with van der Waals surface area (Å²) in [5.74, 6) is 0.643. The normalized spacial score (nSPS) is 10.9. The number of hydrogen-bond acceptors (Lipinski definition) is 5. The van der Waals surface area contributed by atoms with Crippen molar-refractivity contribution in [2.75, 3.05) is 5.32 Å². The molecule has 25 heavy (non-hydrogen) atoms. The summed E-state index contributed by atoms with van der Waals surface area (Å²) in [6.07, 6.45) is 1.52. The maximum atomic E-state index is 6.20. The minimum atomic E-state index is 0.553. The first-order chi connectivity index (χ1) is 12.3. The van der Waals surface area contributed by atoms with Gasteiger partial charge in [0.1, 0.15) is 6.33 Å². The van der Waals surface area contributed by atoms with Crippen molar-refractivity contribution in [3.05, 3.63) is 77.1 Å². The molecule has 0 fully saturated rings. The van der Waals surface area contributed by atoms with Gasteiger partial charge in [-0.15, -0.1) is 5.10 Å². The molecule has 2 aromatic heterocycles. The first-order valence-electron chi connectivity index (χ1n) is 7.86. The number of rotatable bonds is 5. The van der Waals surface area contributed by atoms with Gasteiger partial charge in [-0.25, -0.2) is 14.6 Å². The average molecular weight is 351 g/mol. The number of hydrogen-bond donors (Lipinski definition) is 1. The van der Waals surface area contributed by atoms with E-state index in [1.165, 1.54) is 6.33 Å². The predicted molar refractivity (Wildman–Crippen MR) is 97.4 cm³/mol. The highest BCUT2D eigenvalue weighted by Crippen LogP contribution is 2.20. The van der Waals surface area contributed by atoms with Crippen LogP contribution < -0.4 is 5.32 Å². The SMILES string of the molecule is Clc1ccccc1CNc1ncnc2c1nnn2Cc1ccccc1. The topological polar surface area (TPSA) is 68.5 Å². The Morgan fingerprint density at radius 3 is 2.60 bits per heavy atom. The lowest BCUT2D eigenvalue weighted by Gasteiger charge is -2.07. The Hall–Kier alpha value is -2.99. The molecule has 4 aromatic rings. The summed E-state index contributed by atoms with van der Waals surface area (Å²) in [6, 6.07) is 17.8. The van der Waals surface area contributed by atoms with Gasteiger partial charge in [-0.05, 0) is 17.2 Å². The first-order valence-corrected chi connectivity index (χ1v) is 8.24. The van der Waals surface area contributed by atoms with E-state index >= 15 is 0 Å². The van der Waals surface area contributed by atoms with Gasteiger partial charge < -0.3 is 5.32 Å². The molecule has 0 spiro atoms. The van der Waals surface area contributed by atoms with Crippen LogP contribution in [0.25, 0.3) is 11.2 Å². The molecule has 4 rings (SSSR count). The summed E-state index contributed by atoms with van der Waals surface area (Å²) >= 11 is 6.20. The molecule has 6 nitrogen and oxygen atoms in total. The van der Waals surface area contributed by atoms with Crippen LogP contribution in [0.4, 0.5) is 5.82 Å². The van der Waals surface area contributed by atoms with E-state index in [0.29, 0.717) is 35.1 Å². The number of aromatic nitrogens is 5. The van der Waals surface area contributed by atoms with Crippen LogP contribution in [0.15, 0.2) is 60.9 Å². The summed E-state index contributed by atoms with van der Waals surface area (Å²) in [5, 5.41) is 12.5. The number of nitrogens with zero attached hydrogens (tertiary/aromatic N) is 5. The van der Waals surface area contributed by atoms with Crippen LogP contribution in [0.5, 0.6) is 0 Å². The minimum absolute atomic E-state index is 0.553. The second kappa shape index (κ2) is 6.86. The van der Waals surface area contributed by atoms with E-state index in [1.807, 2.05) is 54.6 Å². The molecule has 2 aromatic carbocycles. The van der Waals surface area contributed by atoms with E-state index in [9.17, 15) is 0 Å². The number of anilines is 1. The molecule has 0 atom stereocenters. The summed E-state index contributed by atoms with van der Waals surface area (Å²) in [5.41, 5.74) is 3.47. The quantitative estimate of drug-likeness (QED) is 0.596. The van der Waals surface area contributed by atoms with Crippen LogP contribution in [-0.4, -0.2) is 25.0 Å². The molecule has 124 valence electrons. The number of benzene rings is 2. The van der Waals surface area contributed by atoms with Crippen molar-refractivity contribution in [3.63, 3.8) is 0 Å². The van der Waals surface area contributed by atoms with Gasteiger partial charge in [-0.3, -0.25) is 0 Å². The maximum Gasteiger partial charge on any atom is 0.184 e. The van der Waals surface area contributed by atoms with Gasteiger partial charge in [0.25, 0.3) is 0 Å². The number of nitrogens with one attached hydrogen (secondary N) is 1. The molecule has 2 heterocycles. The third kappa shape index (κ3) is 3.29. The van der Waals surface area contributed by atoms with Crippen LogP contribution in [0.3, 0.4) is 0 Å². The lowest BCUT2D eigenvalue weighted by molar-refractivity contribution is 0.664. The lowest BCUT2D eigenvalue weighted by Crippen LogP contribution is -2.05. The fraction of sp³-hybridized carbons (Fsp3) is 0.111. The van der Waals surface area contributed by atoms with Gasteiger partial charge in [-0.1, -0.05) is 65.3 Å². The largest absolute Gasteiger partial charge is 0.364 e. The average Bonchev–Trinajstić information content (AvgIpc) is 3.05.